The van der Waals surface area contributed by atoms with Crippen LogP contribution in [-0.2, 0) is 24.3 Å². The Morgan fingerprint density at radius 3 is 2.45 bits per heavy atom. The van der Waals surface area contributed by atoms with E-state index >= 15 is 0 Å². The highest BCUT2D eigenvalue weighted by atomic mass is 19.3. The summed E-state index contributed by atoms with van der Waals surface area (Å²) in [5.74, 6) is -0.0319. The number of ether oxygens (including phenoxy) is 2. The minimum Gasteiger partial charge on any atom is -0.493 e. The molecule has 0 spiro atoms. The Bertz CT molecular complexity index is 1110. The summed E-state index contributed by atoms with van der Waals surface area (Å²) in [6.45, 7) is 0.100. The molecule has 0 bridgehead atoms. The quantitative estimate of drug-likeness (QED) is 0.533. The van der Waals surface area contributed by atoms with Crippen molar-refractivity contribution in [3.63, 3.8) is 0 Å². The number of alkyl halides is 2. The third-order valence-electron chi connectivity index (χ3n) is 4.98. The maximum atomic E-state index is 12.6. The monoisotopic (exact) mass is 433 g/mol. The maximum Gasteiger partial charge on any atom is 0.387 e. The number of hydrogen-bond donors (Lipinski definition) is 1. The second-order valence-corrected chi connectivity index (χ2v) is 6.88. The molecule has 2 aromatic carbocycles. The topological polar surface area (TPSA) is 74.5 Å². The molecule has 0 aliphatic heterocycles. The van der Waals surface area contributed by atoms with Crippen molar-refractivity contribution in [2.24, 2.45) is 0 Å². The normalized spacial score (nSPS) is 11.1. The maximum absolute atomic E-state index is 12.6. The van der Waals surface area contributed by atoms with Crippen LogP contribution in [0.25, 0.3) is 11.0 Å². The third-order valence-corrected chi connectivity index (χ3v) is 4.98. The largest absolute Gasteiger partial charge is 0.493 e. The molecule has 9 heteroatoms. The molecule has 0 fully saturated rings. The number of aromatic nitrogens is 2. The Kier molecular flexibility index (Phi) is 7.28. The lowest BCUT2D eigenvalue weighted by Gasteiger charge is -2.12. The molecule has 1 amide bonds. The van der Waals surface area contributed by atoms with Crippen LogP contribution in [0.1, 0.15) is 18.9 Å². The molecule has 0 aliphatic rings. The fraction of sp³-hybridized carbons (Fsp3) is 0.364. The van der Waals surface area contributed by atoms with E-state index in [2.05, 4.69) is 10.1 Å². The number of imidazole rings is 1. The number of benzene rings is 2. The fourth-order valence-electron chi connectivity index (χ4n) is 3.51. The molecule has 0 radical (unpaired) electrons. The number of amides is 1. The number of nitrogens with one attached hydrogen (secondary N) is 1. The highest BCUT2D eigenvalue weighted by Crippen LogP contribution is 2.29. The average Bonchev–Trinajstić information content (AvgIpc) is 3.02. The first-order chi connectivity index (χ1) is 14.9. The Balaban J connectivity index is 1.57. The summed E-state index contributed by atoms with van der Waals surface area (Å²) in [5, 5.41) is 2.80. The van der Waals surface area contributed by atoms with E-state index in [1.807, 2.05) is 31.2 Å². The molecule has 1 aromatic heterocycles. The number of halogens is 2. The SMILES string of the molecule is CCn1c(=O)n(CCC(=O)NCCc2ccc(OC)c(OC(F)F)c2)c2ccccc21. The lowest BCUT2D eigenvalue weighted by Crippen LogP contribution is -2.29. The standard InChI is InChI=1S/C22H25F2N3O4/c1-3-26-16-6-4-5-7-17(16)27(22(26)29)13-11-20(28)25-12-10-15-8-9-18(30-2)19(14-15)31-21(23)24/h4-9,14,21H,3,10-13H2,1-2H3,(H,25,28). The number of carbonyl (C=O) groups is 1. The van der Waals surface area contributed by atoms with Crippen molar-refractivity contribution in [2.45, 2.75) is 39.5 Å². The molecule has 0 atom stereocenters. The zero-order chi connectivity index (χ0) is 22.4. The van der Waals surface area contributed by atoms with Gasteiger partial charge in [-0.2, -0.15) is 8.78 Å². The highest BCUT2D eigenvalue weighted by molar-refractivity contribution is 5.78. The number of carbonyl (C=O) groups excluding carboxylic acids is 1. The molecular weight excluding hydrogens is 408 g/mol. The first-order valence-corrected chi connectivity index (χ1v) is 10.0. The van der Waals surface area contributed by atoms with Crippen molar-refractivity contribution in [2.75, 3.05) is 13.7 Å². The highest BCUT2D eigenvalue weighted by Gasteiger charge is 2.13. The summed E-state index contributed by atoms with van der Waals surface area (Å²) in [5.41, 5.74) is 2.23. The predicted molar refractivity (Wildman–Crippen MR) is 113 cm³/mol. The van der Waals surface area contributed by atoms with Crippen LogP contribution in [0.3, 0.4) is 0 Å². The number of methoxy groups -OCH3 is 1. The minimum atomic E-state index is -2.95. The summed E-state index contributed by atoms with van der Waals surface area (Å²) >= 11 is 0. The lowest BCUT2D eigenvalue weighted by atomic mass is 10.1. The van der Waals surface area contributed by atoms with Gasteiger partial charge in [-0.1, -0.05) is 18.2 Å². The number of para-hydroxylation sites is 2. The van der Waals surface area contributed by atoms with Crippen molar-refractivity contribution in [3.8, 4) is 11.5 Å². The number of aryl methyl sites for hydroxylation is 2. The molecule has 3 rings (SSSR count). The molecule has 1 heterocycles. The van der Waals surface area contributed by atoms with Gasteiger partial charge in [-0.25, -0.2) is 4.79 Å². The molecule has 166 valence electrons. The van der Waals surface area contributed by atoms with E-state index in [0.717, 1.165) is 16.6 Å². The van der Waals surface area contributed by atoms with Gasteiger partial charge in [0.25, 0.3) is 0 Å². The second kappa shape index (κ2) is 10.1. The molecule has 31 heavy (non-hydrogen) atoms. The molecule has 7 nitrogen and oxygen atoms in total. The van der Waals surface area contributed by atoms with Gasteiger partial charge in [0.05, 0.1) is 18.1 Å². The van der Waals surface area contributed by atoms with Gasteiger partial charge in [-0.3, -0.25) is 13.9 Å². The number of hydrogen-bond acceptors (Lipinski definition) is 4. The van der Waals surface area contributed by atoms with Crippen LogP contribution in [0, 0.1) is 0 Å². The van der Waals surface area contributed by atoms with E-state index in [4.69, 9.17) is 4.74 Å². The molecule has 3 aromatic rings. The molecule has 1 N–H and O–H groups in total. The van der Waals surface area contributed by atoms with Gasteiger partial charge in [0.1, 0.15) is 0 Å². The van der Waals surface area contributed by atoms with Crippen LogP contribution in [0.4, 0.5) is 8.78 Å². The predicted octanol–water partition coefficient (Wildman–Crippen LogP) is 3.18. The van der Waals surface area contributed by atoms with E-state index < -0.39 is 6.61 Å². The Labute approximate surface area is 178 Å². The van der Waals surface area contributed by atoms with E-state index in [1.54, 1.807) is 21.3 Å². The van der Waals surface area contributed by atoms with Crippen molar-refractivity contribution < 1.29 is 23.0 Å². The number of fused-ring (bicyclic) bond motifs is 1. The number of rotatable bonds is 10. The summed E-state index contributed by atoms with van der Waals surface area (Å²) in [6.07, 6.45) is 0.588. The molecule has 0 unspecified atom stereocenters. The van der Waals surface area contributed by atoms with Crippen molar-refractivity contribution in [1.82, 2.24) is 14.5 Å². The lowest BCUT2D eigenvalue weighted by molar-refractivity contribution is -0.121. The second-order valence-electron chi connectivity index (χ2n) is 6.88. The zero-order valence-corrected chi connectivity index (χ0v) is 17.4. The van der Waals surface area contributed by atoms with E-state index in [0.29, 0.717) is 19.5 Å². The Morgan fingerprint density at radius 1 is 1.10 bits per heavy atom. The minimum absolute atomic E-state index is 0.0481. The van der Waals surface area contributed by atoms with Crippen molar-refractivity contribution >= 4 is 16.9 Å². The van der Waals surface area contributed by atoms with Gasteiger partial charge in [-0.15, -0.1) is 0 Å². The van der Waals surface area contributed by atoms with Crippen LogP contribution in [-0.4, -0.2) is 35.3 Å². The van der Waals surface area contributed by atoms with Crippen LogP contribution in [0.15, 0.2) is 47.3 Å². The van der Waals surface area contributed by atoms with Crippen LogP contribution in [0.2, 0.25) is 0 Å². The smallest absolute Gasteiger partial charge is 0.387 e. The van der Waals surface area contributed by atoms with E-state index in [9.17, 15) is 18.4 Å². The Hall–Kier alpha value is -3.36. The van der Waals surface area contributed by atoms with Gasteiger partial charge in [0.2, 0.25) is 5.91 Å². The molecule has 0 saturated carbocycles. The van der Waals surface area contributed by atoms with Crippen LogP contribution in [0.5, 0.6) is 11.5 Å². The van der Waals surface area contributed by atoms with E-state index in [1.165, 1.54) is 13.2 Å². The summed E-state index contributed by atoms with van der Waals surface area (Å²) in [6, 6.07) is 12.2. The molecular formula is C22H25F2N3O4. The average molecular weight is 433 g/mol. The summed E-state index contributed by atoms with van der Waals surface area (Å²) in [7, 11) is 1.37. The zero-order valence-electron chi connectivity index (χ0n) is 17.4. The van der Waals surface area contributed by atoms with Crippen LogP contribution < -0.4 is 20.5 Å². The van der Waals surface area contributed by atoms with Gasteiger partial charge < -0.3 is 14.8 Å². The van der Waals surface area contributed by atoms with Crippen molar-refractivity contribution in [1.29, 1.82) is 0 Å². The fourth-order valence-corrected chi connectivity index (χ4v) is 3.51. The van der Waals surface area contributed by atoms with Gasteiger partial charge >= 0.3 is 12.3 Å². The van der Waals surface area contributed by atoms with E-state index in [-0.39, 0.29) is 36.1 Å². The number of nitrogens with zero attached hydrogens (tertiary/aromatic N) is 2. The van der Waals surface area contributed by atoms with Crippen molar-refractivity contribution in [3.05, 3.63) is 58.5 Å². The van der Waals surface area contributed by atoms with Gasteiger partial charge in [-0.05, 0) is 43.2 Å². The van der Waals surface area contributed by atoms with Crippen LogP contribution >= 0.6 is 0 Å². The Morgan fingerprint density at radius 2 is 1.81 bits per heavy atom. The molecule has 0 aliphatic carbocycles. The third kappa shape index (κ3) is 5.22. The van der Waals surface area contributed by atoms with Gasteiger partial charge in [0, 0.05) is 26.1 Å². The van der Waals surface area contributed by atoms with Gasteiger partial charge in [0.15, 0.2) is 11.5 Å². The first kappa shape index (κ1) is 22.3. The first-order valence-electron chi connectivity index (χ1n) is 10.0. The molecule has 0 saturated heterocycles. The summed E-state index contributed by atoms with van der Waals surface area (Å²) in [4.78, 5) is 24.9. The summed E-state index contributed by atoms with van der Waals surface area (Å²) < 4.78 is 37.8.